The summed E-state index contributed by atoms with van der Waals surface area (Å²) < 4.78 is 0.957. The monoisotopic (exact) mass is 405 g/mol. The molecule has 0 unspecified atom stereocenters. The minimum Gasteiger partial charge on any atom is -0.333 e. The fourth-order valence-electron chi connectivity index (χ4n) is 2.75. The van der Waals surface area contributed by atoms with Gasteiger partial charge in [-0.3, -0.25) is 9.59 Å². The lowest BCUT2D eigenvalue weighted by Gasteiger charge is -2.26. The Hall–Kier alpha value is -1.73. The van der Waals surface area contributed by atoms with E-state index in [9.17, 15) is 9.59 Å². The normalized spacial score (nSPS) is 16.6. The van der Waals surface area contributed by atoms with Crippen LogP contribution in [-0.2, 0) is 17.8 Å². The average molecular weight is 406 g/mol. The van der Waals surface area contributed by atoms with E-state index in [1.165, 1.54) is 11.3 Å². The Bertz CT molecular complexity index is 799. The van der Waals surface area contributed by atoms with Gasteiger partial charge < -0.3 is 10.2 Å². The zero-order chi connectivity index (χ0) is 16.7. The Morgan fingerprint density at radius 1 is 1.25 bits per heavy atom. The van der Waals surface area contributed by atoms with E-state index in [0.29, 0.717) is 23.8 Å². The molecule has 1 aromatic carbocycles. The maximum Gasteiger partial charge on any atom is 0.254 e. The van der Waals surface area contributed by atoms with Crippen molar-refractivity contribution in [2.45, 2.75) is 25.8 Å². The maximum absolute atomic E-state index is 12.6. The van der Waals surface area contributed by atoms with Crippen LogP contribution >= 0.6 is 27.3 Å². The van der Waals surface area contributed by atoms with E-state index in [-0.39, 0.29) is 17.7 Å². The Balaban J connectivity index is 1.46. The fourth-order valence-corrected chi connectivity index (χ4v) is 4.04. The van der Waals surface area contributed by atoms with Crippen molar-refractivity contribution in [1.82, 2.24) is 9.88 Å². The summed E-state index contributed by atoms with van der Waals surface area (Å²) in [6.07, 6.45) is 2.69. The molecule has 24 heavy (non-hydrogen) atoms. The lowest BCUT2D eigenvalue weighted by atomic mass is 10.1. The first-order valence-corrected chi connectivity index (χ1v) is 9.55. The van der Waals surface area contributed by atoms with Gasteiger partial charge in [-0.15, -0.1) is 0 Å². The largest absolute Gasteiger partial charge is 0.333 e. The molecule has 1 aliphatic carbocycles. The van der Waals surface area contributed by atoms with Crippen molar-refractivity contribution in [3.8, 4) is 0 Å². The molecule has 124 valence electrons. The first-order valence-electron chi connectivity index (χ1n) is 7.94. The van der Waals surface area contributed by atoms with Crippen molar-refractivity contribution in [3.63, 3.8) is 0 Å². The highest BCUT2D eigenvalue weighted by Crippen LogP contribution is 2.33. The number of rotatable bonds is 3. The van der Waals surface area contributed by atoms with Gasteiger partial charge in [-0.2, -0.15) is 0 Å². The van der Waals surface area contributed by atoms with Crippen molar-refractivity contribution >= 4 is 44.2 Å². The van der Waals surface area contributed by atoms with E-state index in [0.717, 1.165) is 34.3 Å². The molecule has 0 bridgehead atoms. The van der Waals surface area contributed by atoms with Gasteiger partial charge in [-0.25, -0.2) is 4.98 Å². The number of aromatic nitrogens is 1. The topological polar surface area (TPSA) is 62.3 Å². The van der Waals surface area contributed by atoms with Crippen molar-refractivity contribution in [2.24, 2.45) is 5.92 Å². The zero-order valence-electron chi connectivity index (χ0n) is 12.9. The lowest BCUT2D eigenvalue weighted by molar-refractivity contribution is -0.117. The summed E-state index contributed by atoms with van der Waals surface area (Å²) in [6, 6.07) is 7.41. The number of halogens is 1. The van der Waals surface area contributed by atoms with Crippen molar-refractivity contribution in [1.29, 1.82) is 0 Å². The van der Waals surface area contributed by atoms with Crippen LogP contribution in [0.3, 0.4) is 0 Å². The minimum absolute atomic E-state index is 0.0325. The number of anilines is 1. The van der Waals surface area contributed by atoms with E-state index in [4.69, 9.17) is 0 Å². The van der Waals surface area contributed by atoms with Gasteiger partial charge in [0.15, 0.2) is 5.13 Å². The van der Waals surface area contributed by atoms with Gasteiger partial charge >= 0.3 is 0 Å². The summed E-state index contributed by atoms with van der Waals surface area (Å²) in [7, 11) is 0. The number of carbonyl (C=O) groups excluding carboxylic acids is 2. The minimum atomic E-state index is 0.0325. The molecule has 2 aliphatic rings. The van der Waals surface area contributed by atoms with Crippen LogP contribution in [0.2, 0.25) is 0 Å². The van der Waals surface area contributed by atoms with Crippen molar-refractivity contribution in [3.05, 3.63) is 44.9 Å². The highest BCUT2D eigenvalue weighted by Gasteiger charge is 2.31. The highest BCUT2D eigenvalue weighted by atomic mass is 79.9. The molecule has 0 saturated heterocycles. The second-order valence-electron chi connectivity index (χ2n) is 6.14. The second-order valence-corrected chi connectivity index (χ2v) is 8.14. The molecule has 0 radical (unpaired) electrons. The summed E-state index contributed by atoms with van der Waals surface area (Å²) >= 11 is 4.87. The number of fused-ring (bicyclic) bond motifs is 1. The molecule has 5 nitrogen and oxygen atoms in total. The van der Waals surface area contributed by atoms with Gasteiger partial charge in [0.05, 0.1) is 12.2 Å². The van der Waals surface area contributed by atoms with Crippen molar-refractivity contribution < 1.29 is 9.59 Å². The number of thiazole rings is 1. The van der Waals surface area contributed by atoms with Gasteiger partial charge in [0.25, 0.3) is 5.91 Å². The summed E-state index contributed by atoms with van der Waals surface area (Å²) in [5.74, 6) is 0.274. The van der Waals surface area contributed by atoms with Gasteiger partial charge in [-0.1, -0.05) is 27.3 Å². The molecule has 1 aliphatic heterocycles. The molecular formula is C17H16BrN3O2S. The number of hydrogen-bond acceptors (Lipinski definition) is 4. The standard InChI is InChI=1S/C17H16BrN3O2S/c18-12-5-3-11(4-6-12)16(23)21-8-7-13-14(9-21)24-17(19-13)20-15(22)10-1-2-10/h3-6,10H,1-2,7-9H2,(H,19,20,22). The molecular weight excluding hydrogens is 390 g/mol. The van der Waals surface area contributed by atoms with Crippen LogP contribution in [0.15, 0.2) is 28.7 Å². The third-order valence-electron chi connectivity index (χ3n) is 4.29. The lowest BCUT2D eigenvalue weighted by Crippen LogP contribution is -2.35. The van der Waals surface area contributed by atoms with E-state index in [2.05, 4.69) is 26.2 Å². The zero-order valence-corrected chi connectivity index (χ0v) is 15.3. The Kier molecular flexibility index (Phi) is 4.14. The summed E-state index contributed by atoms with van der Waals surface area (Å²) in [4.78, 5) is 31.9. The van der Waals surface area contributed by atoms with Crippen LogP contribution in [-0.4, -0.2) is 28.2 Å². The van der Waals surface area contributed by atoms with Gasteiger partial charge in [-0.05, 0) is 37.1 Å². The Morgan fingerprint density at radius 2 is 2.00 bits per heavy atom. The van der Waals surface area contributed by atoms with Gasteiger partial charge in [0.2, 0.25) is 5.91 Å². The molecule has 1 saturated carbocycles. The van der Waals surface area contributed by atoms with Crippen LogP contribution in [0.4, 0.5) is 5.13 Å². The highest BCUT2D eigenvalue weighted by molar-refractivity contribution is 9.10. The molecule has 0 spiro atoms. The Labute approximate surface area is 152 Å². The van der Waals surface area contributed by atoms with Crippen LogP contribution < -0.4 is 5.32 Å². The predicted molar refractivity (Wildman–Crippen MR) is 96.1 cm³/mol. The second kappa shape index (κ2) is 6.29. The molecule has 0 atom stereocenters. The van der Waals surface area contributed by atoms with E-state index in [1.807, 2.05) is 29.2 Å². The molecule has 1 aromatic heterocycles. The molecule has 2 heterocycles. The van der Waals surface area contributed by atoms with Crippen LogP contribution in [0.1, 0.15) is 33.8 Å². The smallest absolute Gasteiger partial charge is 0.254 e. The number of hydrogen-bond donors (Lipinski definition) is 1. The third-order valence-corrected chi connectivity index (χ3v) is 5.81. The number of carbonyl (C=O) groups is 2. The summed E-state index contributed by atoms with van der Waals surface area (Å²) in [6.45, 7) is 1.21. The van der Waals surface area contributed by atoms with Crippen LogP contribution in [0.5, 0.6) is 0 Å². The van der Waals surface area contributed by atoms with Gasteiger partial charge in [0, 0.05) is 33.8 Å². The summed E-state index contributed by atoms with van der Waals surface area (Å²) in [5, 5.41) is 3.56. The summed E-state index contributed by atoms with van der Waals surface area (Å²) in [5.41, 5.74) is 1.69. The predicted octanol–water partition coefficient (Wildman–Crippen LogP) is 3.45. The average Bonchev–Trinajstić information content (AvgIpc) is 3.35. The molecule has 4 rings (SSSR count). The molecule has 2 amide bonds. The van der Waals surface area contributed by atoms with E-state index in [1.54, 1.807) is 0 Å². The van der Waals surface area contributed by atoms with Crippen LogP contribution in [0, 0.1) is 5.92 Å². The molecule has 7 heteroatoms. The number of amides is 2. The van der Waals surface area contributed by atoms with E-state index >= 15 is 0 Å². The Morgan fingerprint density at radius 3 is 2.71 bits per heavy atom. The molecule has 1 N–H and O–H groups in total. The third kappa shape index (κ3) is 3.23. The number of nitrogens with zero attached hydrogens (tertiary/aromatic N) is 2. The fraction of sp³-hybridized carbons (Fsp3) is 0.353. The SMILES string of the molecule is O=C(Nc1nc2c(s1)CN(C(=O)c1ccc(Br)cc1)CC2)C1CC1. The molecule has 2 aromatic rings. The van der Waals surface area contributed by atoms with E-state index < -0.39 is 0 Å². The first kappa shape index (κ1) is 15.8. The van der Waals surface area contributed by atoms with Gasteiger partial charge in [0.1, 0.15) is 0 Å². The van der Waals surface area contributed by atoms with Crippen molar-refractivity contribution in [2.75, 3.05) is 11.9 Å². The van der Waals surface area contributed by atoms with Crippen LogP contribution in [0.25, 0.3) is 0 Å². The number of nitrogens with one attached hydrogen (secondary N) is 1. The number of benzene rings is 1. The maximum atomic E-state index is 12.6. The molecule has 1 fully saturated rings. The first-order chi connectivity index (χ1) is 11.6. The quantitative estimate of drug-likeness (QED) is 0.850.